The first-order valence-electron chi connectivity index (χ1n) is 8.31. The molecule has 0 fully saturated rings. The molecule has 0 spiro atoms. The molecular weight excluding hydrogens is 396 g/mol. The number of ether oxygens (including phenoxy) is 1. The summed E-state index contributed by atoms with van der Waals surface area (Å²) in [5, 5.41) is 4.94. The van der Waals surface area contributed by atoms with E-state index in [0.717, 1.165) is 28.0 Å². The molecule has 0 aliphatic heterocycles. The molecule has 0 saturated heterocycles. The molecule has 0 aliphatic rings. The molecule has 3 rings (SSSR count). The van der Waals surface area contributed by atoms with Crippen molar-refractivity contribution in [3.63, 3.8) is 0 Å². The Balaban J connectivity index is 2.03. The first kappa shape index (κ1) is 18.5. The zero-order valence-electron chi connectivity index (χ0n) is 15.3. The molecule has 0 radical (unpaired) electrons. The molecule has 3 aromatic rings. The largest absolute Gasteiger partial charge is 0.383 e. The van der Waals surface area contributed by atoms with Crippen LogP contribution in [0.25, 0.3) is 10.9 Å². The number of methoxy groups -OCH3 is 1. The summed E-state index contributed by atoms with van der Waals surface area (Å²) in [6, 6.07) is 7.52. The highest BCUT2D eigenvalue weighted by Gasteiger charge is 2.10. The van der Waals surface area contributed by atoms with Crippen LogP contribution in [-0.4, -0.2) is 34.2 Å². The van der Waals surface area contributed by atoms with Crippen LogP contribution in [0.4, 0.5) is 0 Å². The van der Waals surface area contributed by atoms with Gasteiger partial charge in [0, 0.05) is 35.1 Å². The number of hydrogen-bond acceptors (Lipinski definition) is 4. The first-order valence-corrected chi connectivity index (χ1v) is 9.10. The van der Waals surface area contributed by atoms with E-state index in [1.807, 2.05) is 26.0 Å². The van der Waals surface area contributed by atoms with Crippen molar-refractivity contribution in [3.05, 3.63) is 61.9 Å². The van der Waals surface area contributed by atoms with Gasteiger partial charge < -0.3 is 9.30 Å². The van der Waals surface area contributed by atoms with Gasteiger partial charge in [0.15, 0.2) is 0 Å². The summed E-state index contributed by atoms with van der Waals surface area (Å²) in [5.74, 6) is 0.550. The summed E-state index contributed by atoms with van der Waals surface area (Å²) < 4.78 is 9.52. The highest BCUT2D eigenvalue weighted by atomic mass is 79.9. The molecular formula is C19H21BrN4O2. The molecule has 0 unspecified atom stereocenters. The number of rotatable bonds is 5. The van der Waals surface area contributed by atoms with Gasteiger partial charge in [0.05, 0.1) is 23.7 Å². The van der Waals surface area contributed by atoms with Gasteiger partial charge in [-0.3, -0.25) is 4.79 Å². The van der Waals surface area contributed by atoms with Crippen molar-refractivity contribution in [1.82, 2.24) is 14.2 Å². The van der Waals surface area contributed by atoms with Crippen LogP contribution in [0.15, 0.2) is 38.6 Å². The quantitative estimate of drug-likeness (QED) is 0.598. The second kappa shape index (κ2) is 7.55. The van der Waals surface area contributed by atoms with Crippen molar-refractivity contribution in [2.45, 2.75) is 27.3 Å². The van der Waals surface area contributed by atoms with E-state index < -0.39 is 0 Å². The number of halogens is 1. The lowest BCUT2D eigenvalue weighted by Crippen LogP contribution is -2.20. The third-order valence-electron chi connectivity index (χ3n) is 4.41. The molecule has 7 heteroatoms. The number of benzene rings is 1. The lowest BCUT2D eigenvalue weighted by atomic mass is 10.2. The molecule has 136 valence electrons. The molecule has 0 aliphatic carbocycles. The molecule has 0 N–H and O–H groups in total. The first-order chi connectivity index (χ1) is 12.4. The molecule has 26 heavy (non-hydrogen) atoms. The fourth-order valence-electron chi connectivity index (χ4n) is 3.00. The van der Waals surface area contributed by atoms with Crippen molar-refractivity contribution < 1.29 is 4.74 Å². The van der Waals surface area contributed by atoms with Crippen molar-refractivity contribution in [2.24, 2.45) is 5.10 Å². The van der Waals surface area contributed by atoms with Gasteiger partial charge in [-0.05, 0) is 45.0 Å². The molecule has 2 heterocycles. The maximum absolute atomic E-state index is 12.8. The SMILES string of the molecule is COCCn1c(C)cc(C=Nn2c(C)nc3ccc(Br)cc3c2=O)c1C. The van der Waals surface area contributed by atoms with Crippen LogP contribution >= 0.6 is 15.9 Å². The number of aromatic nitrogens is 3. The van der Waals surface area contributed by atoms with E-state index in [1.165, 1.54) is 4.68 Å². The Hall–Kier alpha value is -2.25. The minimum absolute atomic E-state index is 0.182. The van der Waals surface area contributed by atoms with E-state index in [1.54, 1.807) is 26.3 Å². The van der Waals surface area contributed by atoms with Gasteiger partial charge in [-0.1, -0.05) is 15.9 Å². The van der Waals surface area contributed by atoms with Gasteiger partial charge in [0.1, 0.15) is 5.82 Å². The van der Waals surface area contributed by atoms with Gasteiger partial charge in [-0.25, -0.2) is 4.98 Å². The Morgan fingerprint density at radius 3 is 2.77 bits per heavy atom. The van der Waals surface area contributed by atoms with E-state index >= 15 is 0 Å². The average molecular weight is 417 g/mol. The van der Waals surface area contributed by atoms with Crippen LogP contribution in [-0.2, 0) is 11.3 Å². The second-order valence-electron chi connectivity index (χ2n) is 6.15. The fourth-order valence-corrected chi connectivity index (χ4v) is 3.36. The molecule has 0 saturated carbocycles. The Bertz CT molecular complexity index is 1050. The smallest absolute Gasteiger partial charge is 0.282 e. The summed E-state index contributed by atoms with van der Waals surface area (Å²) in [6.07, 6.45) is 1.71. The van der Waals surface area contributed by atoms with Crippen molar-refractivity contribution in [2.75, 3.05) is 13.7 Å². The lowest BCUT2D eigenvalue weighted by molar-refractivity contribution is 0.186. The molecule has 0 bridgehead atoms. The maximum atomic E-state index is 12.8. The maximum Gasteiger partial charge on any atom is 0.282 e. The Labute approximate surface area is 160 Å². The Kier molecular flexibility index (Phi) is 5.38. The fraction of sp³-hybridized carbons (Fsp3) is 0.316. The summed E-state index contributed by atoms with van der Waals surface area (Å²) in [5.41, 5.74) is 3.67. The summed E-state index contributed by atoms with van der Waals surface area (Å²) in [4.78, 5) is 17.3. The Morgan fingerprint density at radius 2 is 2.04 bits per heavy atom. The second-order valence-corrected chi connectivity index (χ2v) is 7.07. The highest BCUT2D eigenvalue weighted by Crippen LogP contribution is 2.16. The topological polar surface area (TPSA) is 61.4 Å². The minimum atomic E-state index is -0.182. The average Bonchev–Trinajstić information content (AvgIpc) is 2.87. The molecule has 0 atom stereocenters. The Morgan fingerprint density at radius 1 is 1.27 bits per heavy atom. The van der Waals surface area contributed by atoms with E-state index in [-0.39, 0.29) is 5.56 Å². The van der Waals surface area contributed by atoms with Gasteiger partial charge in [0.2, 0.25) is 0 Å². The van der Waals surface area contributed by atoms with Crippen molar-refractivity contribution in [3.8, 4) is 0 Å². The van der Waals surface area contributed by atoms with E-state index in [2.05, 4.69) is 36.6 Å². The van der Waals surface area contributed by atoms with E-state index in [9.17, 15) is 4.79 Å². The van der Waals surface area contributed by atoms with E-state index in [0.29, 0.717) is 23.3 Å². The predicted molar refractivity (Wildman–Crippen MR) is 107 cm³/mol. The lowest BCUT2D eigenvalue weighted by Gasteiger charge is -2.08. The van der Waals surface area contributed by atoms with Gasteiger partial charge in [0.25, 0.3) is 5.56 Å². The summed E-state index contributed by atoms with van der Waals surface area (Å²) in [7, 11) is 1.69. The zero-order chi connectivity index (χ0) is 18.8. The number of aryl methyl sites for hydroxylation is 2. The monoisotopic (exact) mass is 416 g/mol. The van der Waals surface area contributed by atoms with Gasteiger partial charge in [-0.2, -0.15) is 9.78 Å². The molecule has 0 amide bonds. The van der Waals surface area contributed by atoms with Crippen LogP contribution in [0.1, 0.15) is 22.8 Å². The van der Waals surface area contributed by atoms with Gasteiger partial charge >= 0.3 is 0 Å². The third kappa shape index (κ3) is 3.50. The van der Waals surface area contributed by atoms with Crippen molar-refractivity contribution >= 4 is 33.0 Å². The summed E-state index contributed by atoms with van der Waals surface area (Å²) >= 11 is 3.40. The zero-order valence-corrected chi connectivity index (χ0v) is 16.9. The standard InChI is InChI=1S/C19H21BrN4O2/c1-12-9-15(13(2)23(12)7-8-26-4)11-21-24-14(3)22-18-6-5-16(20)10-17(18)19(24)25/h5-6,9-11H,7-8H2,1-4H3. The minimum Gasteiger partial charge on any atom is -0.383 e. The highest BCUT2D eigenvalue weighted by molar-refractivity contribution is 9.10. The third-order valence-corrected chi connectivity index (χ3v) is 4.91. The van der Waals surface area contributed by atoms with Crippen LogP contribution in [0.2, 0.25) is 0 Å². The van der Waals surface area contributed by atoms with Crippen LogP contribution in [0.5, 0.6) is 0 Å². The summed E-state index contributed by atoms with van der Waals surface area (Å²) in [6.45, 7) is 7.30. The predicted octanol–water partition coefficient (Wildman–Crippen LogP) is 3.41. The van der Waals surface area contributed by atoms with E-state index in [4.69, 9.17) is 4.74 Å². The van der Waals surface area contributed by atoms with Gasteiger partial charge in [-0.15, -0.1) is 0 Å². The normalized spacial score (nSPS) is 11.7. The molecule has 6 nitrogen and oxygen atoms in total. The number of hydrogen-bond donors (Lipinski definition) is 0. The van der Waals surface area contributed by atoms with Crippen LogP contribution < -0.4 is 5.56 Å². The number of nitrogens with zero attached hydrogens (tertiary/aromatic N) is 4. The van der Waals surface area contributed by atoms with Crippen LogP contribution in [0, 0.1) is 20.8 Å². The van der Waals surface area contributed by atoms with Crippen LogP contribution in [0.3, 0.4) is 0 Å². The molecule has 1 aromatic carbocycles. The molecule has 2 aromatic heterocycles. The number of fused-ring (bicyclic) bond motifs is 1. The van der Waals surface area contributed by atoms with Crippen molar-refractivity contribution in [1.29, 1.82) is 0 Å².